The highest BCUT2D eigenvalue weighted by atomic mass is 32.2. The van der Waals surface area contributed by atoms with Crippen molar-refractivity contribution in [3.8, 4) is 11.5 Å². The topological polar surface area (TPSA) is 82.1 Å². The number of aryl methyl sites for hydroxylation is 2. The van der Waals surface area contributed by atoms with Gasteiger partial charge < -0.3 is 14.2 Å². The number of rotatable bonds is 9. The van der Waals surface area contributed by atoms with Crippen LogP contribution in [0.5, 0.6) is 11.5 Å². The molecule has 1 atom stereocenters. The number of benzene rings is 2. The molecule has 3 rings (SSSR count). The van der Waals surface area contributed by atoms with Gasteiger partial charge in [-0.3, -0.25) is 4.79 Å². The highest BCUT2D eigenvalue weighted by Gasteiger charge is 2.39. The lowest BCUT2D eigenvalue weighted by Crippen LogP contribution is -2.41. The summed E-state index contributed by atoms with van der Waals surface area (Å²) in [5.74, 6) is 0.722. The van der Waals surface area contributed by atoms with Crippen LogP contribution in [0.1, 0.15) is 55.5 Å². The van der Waals surface area contributed by atoms with Gasteiger partial charge in [-0.1, -0.05) is 17.7 Å². The third kappa shape index (κ3) is 5.33. The molecule has 0 spiro atoms. The monoisotopic (exact) mass is 475 g/mol. The average molecular weight is 476 g/mol. The second-order valence-corrected chi connectivity index (χ2v) is 9.88. The molecule has 7 nitrogen and oxygen atoms in total. The first-order valence-corrected chi connectivity index (χ1v) is 12.8. The van der Waals surface area contributed by atoms with Gasteiger partial charge in [-0.2, -0.15) is 4.31 Å². The summed E-state index contributed by atoms with van der Waals surface area (Å²) >= 11 is 0. The molecule has 0 saturated carbocycles. The standard InChI is InChI=1S/C25H33NO6S/c1-6-30-22-14-19-11-12-26(33(28,29)24-10-9-17(4)13-18(24)5)21(16-25(27)32-8-3)20(19)15-23(22)31-7-2/h9-10,13-15,21H,6-8,11-12,16H2,1-5H3. The first-order valence-electron chi connectivity index (χ1n) is 11.4. The smallest absolute Gasteiger partial charge is 0.307 e. The maximum atomic E-state index is 13.8. The lowest BCUT2D eigenvalue weighted by Gasteiger charge is -2.36. The Morgan fingerprint density at radius 2 is 1.67 bits per heavy atom. The molecular formula is C25H33NO6S. The molecule has 0 aliphatic carbocycles. The van der Waals surface area contributed by atoms with Gasteiger partial charge in [0.25, 0.3) is 0 Å². The van der Waals surface area contributed by atoms with Crippen LogP contribution >= 0.6 is 0 Å². The Hall–Kier alpha value is -2.58. The SMILES string of the molecule is CCOC(=O)CC1c2cc(OCC)c(OCC)cc2CCN1S(=O)(=O)c1ccc(C)cc1C. The fourth-order valence-corrected chi connectivity index (χ4v) is 6.13. The van der Waals surface area contributed by atoms with Crippen LogP contribution in [-0.2, 0) is 26.0 Å². The van der Waals surface area contributed by atoms with Crippen molar-refractivity contribution in [2.45, 2.75) is 58.4 Å². The van der Waals surface area contributed by atoms with Gasteiger partial charge in [0.15, 0.2) is 11.5 Å². The first-order chi connectivity index (χ1) is 15.7. The molecule has 0 radical (unpaired) electrons. The lowest BCUT2D eigenvalue weighted by molar-refractivity contribution is -0.144. The van der Waals surface area contributed by atoms with Gasteiger partial charge in [0, 0.05) is 6.54 Å². The molecule has 1 heterocycles. The van der Waals surface area contributed by atoms with Gasteiger partial charge >= 0.3 is 5.97 Å². The maximum absolute atomic E-state index is 13.8. The summed E-state index contributed by atoms with van der Waals surface area (Å²) in [6.45, 7) is 10.6. The Labute approximate surface area is 196 Å². The minimum atomic E-state index is -3.85. The second-order valence-electron chi connectivity index (χ2n) is 8.02. The fraction of sp³-hybridized carbons (Fsp3) is 0.480. The van der Waals surface area contributed by atoms with E-state index in [1.807, 2.05) is 39.0 Å². The van der Waals surface area contributed by atoms with Crippen molar-refractivity contribution >= 4 is 16.0 Å². The Morgan fingerprint density at radius 3 is 2.27 bits per heavy atom. The second kappa shape index (κ2) is 10.6. The molecule has 1 aliphatic heterocycles. The van der Waals surface area contributed by atoms with Crippen molar-refractivity contribution < 1.29 is 27.4 Å². The van der Waals surface area contributed by atoms with E-state index in [1.54, 1.807) is 26.0 Å². The average Bonchev–Trinajstić information content (AvgIpc) is 2.74. The van der Waals surface area contributed by atoms with Crippen LogP contribution in [0.25, 0.3) is 0 Å². The van der Waals surface area contributed by atoms with Crippen molar-refractivity contribution in [2.24, 2.45) is 0 Å². The number of carbonyl (C=O) groups excluding carboxylic acids is 1. The van der Waals surface area contributed by atoms with Gasteiger partial charge in [-0.15, -0.1) is 0 Å². The van der Waals surface area contributed by atoms with Crippen molar-refractivity contribution in [3.63, 3.8) is 0 Å². The minimum Gasteiger partial charge on any atom is -0.490 e. The number of carbonyl (C=O) groups is 1. The van der Waals surface area contributed by atoms with Gasteiger partial charge in [0.05, 0.1) is 37.2 Å². The highest BCUT2D eigenvalue weighted by Crippen LogP contribution is 2.42. The van der Waals surface area contributed by atoms with Crippen molar-refractivity contribution in [2.75, 3.05) is 26.4 Å². The van der Waals surface area contributed by atoms with Crippen molar-refractivity contribution in [1.29, 1.82) is 0 Å². The van der Waals surface area contributed by atoms with Crippen LogP contribution in [0.2, 0.25) is 0 Å². The minimum absolute atomic E-state index is 0.0788. The molecule has 2 aromatic rings. The van der Waals surface area contributed by atoms with Crippen LogP contribution in [0.3, 0.4) is 0 Å². The van der Waals surface area contributed by atoms with Crippen LogP contribution in [0.4, 0.5) is 0 Å². The Bertz CT molecular complexity index is 1110. The quantitative estimate of drug-likeness (QED) is 0.502. The number of nitrogens with zero attached hydrogens (tertiary/aromatic N) is 1. The van der Waals surface area contributed by atoms with E-state index >= 15 is 0 Å². The zero-order valence-electron chi connectivity index (χ0n) is 20.0. The molecule has 0 fully saturated rings. The van der Waals surface area contributed by atoms with Gasteiger partial charge in [-0.05, 0) is 75.9 Å². The third-order valence-corrected chi connectivity index (χ3v) is 7.76. The molecule has 0 amide bonds. The van der Waals surface area contributed by atoms with Crippen LogP contribution in [0.15, 0.2) is 35.2 Å². The first kappa shape index (κ1) is 25.1. The summed E-state index contributed by atoms with van der Waals surface area (Å²) in [4.78, 5) is 12.8. The van der Waals surface area contributed by atoms with Gasteiger partial charge in [-0.25, -0.2) is 8.42 Å². The van der Waals surface area contributed by atoms with Gasteiger partial charge in [0.2, 0.25) is 10.0 Å². The summed E-state index contributed by atoms with van der Waals surface area (Å²) in [6.07, 6.45) is 0.426. The molecule has 0 N–H and O–H groups in total. The molecule has 1 aliphatic rings. The molecule has 1 unspecified atom stereocenters. The summed E-state index contributed by atoms with van der Waals surface area (Å²) < 4.78 is 45.7. The number of esters is 1. The number of hydrogen-bond acceptors (Lipinski definition) is 6. The van der Waals surface area contributed by atoms with E-state index in [0.29, 0.717) is 36.7 Å². The molecule has 0 bridgehead atoms. The van der Waals surface area contributed by atoms with E-state index in [0.717, 1.165) is 16.7 Å². The van der Waals surface area contributed by atoms with E-state index in [4.69, 9.17) is 14.2 Å². The van der Waals surface area contributed by atoms with Crippen LogP contribution in [-0.4, -0.2) is 45.1 Å². The maximum Gasteiger partial charge on any atom is 0.307 e. The molecule has 33 heavy (non-hydrogen) atoms. The molecule has 0 aromatic heterocycles. The van der Waals surface area contributed by atoms with E-state index < -0.39 is 22.0 Å². The molecule has 180 valence electrons. The fourth-order valence-electron chi connectivity index (χ4n) is 4.32. The summed E-state index contributed by atoms with van der Waals surface area (Å²) in [7, 11) is -3.85. The predicted molar refractivity (Wildman–Crippen MR) is 126 cm³/mol. The lowest BCUT2D eigenvalue weighted by atomic mass is 9.91. The summed E-state index contributed by atoms with van der Waals surface area (Å²) in [6, 6.07) is 8.31. The Balaban J connectivity index is 2.12. The highest BCUT2D eigenvalue weighted by molar-refractivity contribution is 7.89. The predicted octanol–water partition coefficient (Wildman–Crippen LogP) is 4.34. The van der Waals surface area contributed by atoms with Crippen LogP contribution in [0, 0.1) is 13.8 Å². The molecule has 0 saturated heterocycles. The third-order valence-electron chi connectivity index (χ3n) is 5.70. The number of fused-ring (bicyclic) bond motifs is 1. The van der Waals surface area contributed by atoms with Crippen molar-refractivity contribution in [3.05, 3.63) is 52.6 Å². The Kier molecular flexibility index (Phi) is 8.02. The zero-order valence-corrected chi connectivity index (χ0v) is 20.8. The number of hydrogen-bond donors (Lipinski definition) is 0. The number of ether oxygens (including phenoxy) is 3. The summed E-state index contributed by atoms with van der Waals surface area (Å²) in [5.41, 5.74) is 3.36. The van der Waals surface area contributed by atoms with Gasteiger partial charge in [0.1, 0.15) is 0 Å². The van der Waals surface area contributed by atoms with Crippen molar-refractivity contribution in [1.82, 2.24) is 4.31 Å². The van der Waals surface area contributed by atoms with E-state index in [1.165, 1.54) is 4.31 Å². The normalized spacial score (nSPS) is 16.2. The largest absolute Gasteiger partial charge is 0.490 e. The van der Waals surface area contributed by atoms with E-state index in [-0.39, 0.29) is 24.5 Å². The van der Waals surface area contributed by atoms with Crippen LogP contribution < -0.4 is 9.47 Å². The Morgan fingerprint density at radius 1 is 1.00 bits per heavy atom. The van der Waals surface area contributed by atoms with E-state index in [9.17, 15) is 13.2 Å². The zero-order chi connectivity index (χ0) is 24.2. The molecule has 8 heteroatoms. The van der Waals surface area contributed by atoms with E-state index in [2.05, 4.69) is 0 Å². The summed E-state index contributed by atoms with van der Waals surface area (Å²) in [5, 5.41) is 0. The number of sulfonamides is 1. The molecule has 2 aromatic carbocycles. The molecular weight excluding hydrogens is 442 g/mol.